The van der Waals surface area contributed by atoms with E-state index in [1.165, 1.54) is 0 Å². The SMILES string of the molecule is Cc1ccc(C)c(NC(=O)CS(=O)(=O)CCO)c1. The molecule has 1 aromatic carbocycles. The molecule has 0 atom stereocenters. The molecule has 0 bridgehead atoms. The largest absolute Gasteiger partial charge is 0.395 e. The topological polar surface area (TPSA) is 83.5 Å². The molecule has 0 radical (unpaired) electrons. The highest BCUT2D eigenvalue weighted by Crippen LogP contribution is 2.16. The lowest BCUT2D eigenvalue weighted by atomic mass is 10.1. The van der Waals surface area contributed by atoms with Crippen molar-refractivity contribution in [2.24, 2.45) is 0 Å². The normalized spacial score (nSPS) is 11.3. The number of carbonyl (C=O) groups excluding carboxylic acids is 1. The van der Waals surface area contributed by atoms with Crippen molar-refractivity contribution in [1.29, 1.82) is 0 Å². The monoisotopic (exact) mass is 271 g/mol. The van der Waals surface area contributed by atoms with Crippen molar-refractivity contribution in [3.05, 3.63) is 29.3 Å². The van der Waals surface area contributed by atoms with Crippen LogP contribution in [0, 0.1) is 13.8 Å². The quantitative estimate of drug-likeness (QED) is 0.823. The van der Waals surface area contributed by atoms with Crippen LogP contribution in [-0.2, 0) is 14.6 Å². The van der Waals surface area contributed by atoms with E-state index in [1.807, 2.05) is 26.0 Å². The van der Waals surface area contributed by atoms with Crippen LogP contribution in [0.5, 0.6) is 0 Å². The summed E-state index contributed by atoms with van der Waals surface area (Å²) in [5, 5.41) is 11.1. The van der Waals surface area contributed by atoms with Crippen LogP contribution in [0.2, 0.25) is 0 Å². The van der Waals surface area contributed by atoms with Gasteiger partial charge >= 0.3 is 0 Å². The Morgan fingerprint density at radius 2 is 2.00 bits per heavy atom. The number of carbonyl (C=O) groups is 1. The molecule has 0 heterocycles. The minimum Gasteiger partial charge on any atom is -0.395 e. The maximum Gasteiger partial charge on any atom is 0.239 e. The number of hydrogen-bond donors (Lipinski definition) is 2. The molecule has 18 heavy (non-hydrogen) atoms. The Hall–Kier alpha value is -1.40. The molecule has 0 aliphatic heterocycles. The van der Waals surface area contributed by atoms with Crippen molar-refractivity contribution in [2.45, 2.75) is 13.8 Å². The molecular weight excluding hydrogens is 254 g/mol. The lowest BCUT2D eigenvalue weighted by Crippen LogP contribution is -2.26. The molecule has 1 rings (SSSR count). The van der Waals surface area contributed by atoms with E-state index in [4.69, 9.17) is 5.11 Å². The number of hydrogen-bond acceptors (Lipinski definition) is 4. The van der Waals surface area contributed by atoms with E-state index in [-0.39, 0.29) is 0 Å². The summed E-state index contributed by atoms with van der Waals surface area (Å²) in [4.78, 5) is 11.6. The van der Waals surface area contributed by atoms with Crippen LogP contribution in [-0.4, -0.2) is 37.5 Å². The summed E-state index contributed by atoms with van der Waals surface area (Å²) in [5.74, 6) is -1.59. The van der Waals surface area contributed by atoms with E-state index in [0.717, 1.165) is 11.1 Å². The summed E-state index contributed by atoms with van der Waals surface area (Å²) in [6.45, 7) is 3.24. The average Bonchev–Trinajstić information content (AvgIpc) is 2.22. The number of rotatable bonds is 5. The number of aliphatic hydroxyl groups excluding tert-OH is 1. The predicted octanol–water partition coefficient (Wildman–Crippen LogP) is 0.649. The van der Waals surface area contributed by atoms with Gasteiger partial charge in [0.15, 0.2) is 9.84 Å². The molecule has 0 unspecified atom stereocenters. The molecule has 2 N–H and O–H groups in total. The molecule has 0 aromatic heterocycles. The third-order valence-corrected chi connectivity index (χ3v) is 3.93. The fourth-order valence-corrected chi connectivity index (χ4v) is 2.36. The summed E-state index contributed by atoms with van der Waals surface area (Å²) in [5.41, 5.74) is 2.46. The summed E-state index contributed by atoms with van der Waals surface area (Å²) in [7, 11) is -3.54. The molecule has 0 saturated carbocycles. The predicted molar refractivity (Wildman–Crippen MR) is 70.3 cm³/mol. The maximum absolute atomic E-state index is 11.6. The number of nitrogens with one attached hydrogen (secondary N) is 1. The number of amides is 1. The Kier molecular flexibility index (Phi) is 4.86. The van der Waals surface area contributed by atoms with Gasteiger partial charge in [-0.15, -0.1) is 0 Å². The van der Waals surface area contributed by atoms with Gasteiger partial charge < -0.3 is 10.4 Å². The second-order valence-electron chi connectivity index (χ2n) is 4.18. The third kappa shape index (κ3) is 4.46. The third-order valence-electron chi connectivity index (χ3n) is 2.42. The van der Waals surface area contributed by atoms with Gasteiger partial charge in [-0.2, -0.15) is 0 Å². The van der Waals surface area contributed by atoms with Gasteiger partial charge in [-0.05, 0) is 31.0 Å². The lowest BCUT2D eigenvalue weighted by molar-refractivity contribution is -0.113. The number of aliphatic hydroxyl groups is 1. The van der Waals surface area contributed by atoms with Gasteiger partial charge in [0, 0.05) is 5.69 Å². The Labute approximate surface area is 107 Å². The van der Waals surface area contributed by atoms with Crippen LogP contribution < -0.4 is 5.32 Å². The van der Waals surface area contributed by atoms with Crippen LogP contribution in [0.25, 0.3) is 0 Å². The minimum absolute atomic E-state index is 0.396. The van der Waals surface area contributed by atoms with Gasteiger partial charge in [0.25, 0.3) is 0 Å². The summed E-state index contributed by atoms with van der Waals surface area (Å²) in [6.07, 6.45) is 0. The van der Waals surface area contributed by atoms with Crippen LogP contribution in [0.15, 0.2) is 18.2 Å². The molecule has 5 nitrogen and oxygen atoms in total. The van der Waals surface area contributed by atoms with Crippen molar-refractivity contribution in [3.63, 3.8) is 0 Å². The molecule has 0 spiro atoms. The number of anilines is 1. The zero-order valence-electron chi connectivity index (χ0n) is 10.4. The van der Waals surface area contributed by atoms with E-state index < -0.39 is 33.9 Å². The smallest absolute Gasteiger partial charge is 0.239 e. The van der Waals surface area contributed by atoms with Gasteiger partial charge in [-0.25, -0.2) is 8.42 Å². The molecular formula is C12H17NO4S. The number of benzene rings is 1. The molecule has 0 aliphatic carbocycles. The standard InChI is InChI=1S/C12H17NO4S/c1-9-3-4-10(2)11(7-9)13-12(15)8-18(16,17)6-5-14/h3-4,7,14H,5-6,8H2,1-2H3,(H,13,15). The van der Waals surface area contributed by atoms with Gasteiger partial charge in [-0.3, -0.25) is 4.79 Å². The molecule has 0 fully saturated rings. The molecule has 0 aliphatic rings. The van der Waals surface area contributed by atoms with Crippen molar-refractivity contribution >= 4 is 21.4 Å². The fourth-order valence-electron chi connectivity index (χ4n) is 1.47. The molecule has 1 aromatic rings. The van der Waals surface area contributed by atoms with Crippen LogP contribution in [0.3, 0.4) is 0 Å². The van der Waals surface area contributed by atoms with Gasteiger partial charge in [-0.1, -0.05) is 12.1 Å². The Morgan fingerprint density at radius 1 is 1.33 bits per heavy atom. The molecule has 100 valence electrons. The molecule has 6 heteroatoms. The van der Waals surface area contributed by atoms with Gasteiger partial charge in [0.2, 0.25) is 5.91 Å². The van der Waals surface area contributed by atoms with E-state index in [9.17, 15) is 13.2 Å². The maximum atomic E-state index is 11.6. The molecule has 0 saturated heterocycles. The zero-order valence-corrected chi connectivity index (χ0v) is 11.3. The van der Waals surface area contributed by atoms with E-state index >= 15 is 0 Å². The Bertz CT molecular complexity index is 537. The highest BCUT2D eigenvalue weighted by atomic mass is 32.2. The van der Waals surface area contributed by atoms with Gasteiger partial charge in [0.1, 0.15) is 5.75 Å². The van der Waals surface area contributed by atoms with Crippen LogP contribution in [0.1, 0.15) is 11.1 Å². The van der Waals surface area contributed by atoms with Crippen LogP contribution in [0.4, 0.5) is 5.69 Å². The van der Waals surface area contributed by atoms with Crippen LogP contribution >= 0.6 is 0 Å². The van der Waals surface area contributed by atoms with Crippen molar-refractivity contribution < 1.29 is 18.3 Å². The minimum atomic E-state index is -3.54. The van der Waals surface area contributed by atoms with E-state index in [2.05, 4.69) is 5.32 Å². The highest BCUT2D eigenvalue weighted by Gasteiger charge is 2.16. The summed E-state index contributed by atoms with van der Waals surface area (Å²) in [6, 6.07) is 5.55. The second-order valence-corrected chi connectivity index (χ2v) is 6.37. The lowest BCUT2D eigenvalue weighted by Gasteiger charge is -2.09. The Balaban J connectivity index is 2.74. The number of aryl methyl sites for hydroxylation is 2. The second kappa shape index (κ2) is 5.97. The van der Waals surface area contributed by atoms with Crippen molar-refractivity contribution in [1.82, 2.24) is 0 Å². The van der Waals surface area contributed by atoms with Crippen molar-refractivity contribution in [2.75, 3.05) is 23.4 Å². The molecule has 1 amide bonds. The Morgan fingerprint density at radius 3 is 2.61 bits per heavy atom. The number of sulfone groups is 1. The first-order valence-corrected chi connectivity index (χ1v) is 7.34. The summed E-state index contributed by atoms with van der Waals surface area (Å²) < 4.78 is 22.7. The van der Waals surface area contributed by atoms with Crippen molar-refractivity contribution in [3.8, 4) is 0 Å². The van der Waals surface area contributed by atoms with Gasteiger partial charge in [0.05, 0.1) is 12.4 Å². The fraction of sp³-hybridized carbons (Fsp3) is 0.417. The van der Waals surface area contributed by atoms with E-state index in [1.54, 1.807) is 6.07 Å². The zero-order chi connectivity index (χ0) is 13.8. The first-order chi connectivity index (χ1) is 8.34. The first kappa shape index (κ1) is 14.7. The highest BCUT2D eigenvalue weighted by molar-refractivity contribution is 7.92. The summed E-state index contributed by atoms with van der Waals surface area (Å²) >= 11 is 0. The van der Waals surface area contributed by atoms with E-state index in [0.29, 0.717) is 5.69 Å². The first-order valence-electron chi connectivity index (χ1n) is 5.52. The average molecular weight is 271 g/mol.